The van der Waals surface area contributed by atoms with Gasteiger partial charge in [-0.2, -0.15) is 0 Å². The normalized spacial score (nSPS) is 12.0. The van der Waals surface area contributed by atoms with E-state index in [1.807, 2.05) is 0 Å². The molecule has 1 unspecified atom stereocenters. The number of benzene rings is 2. The number of carbonyl (C=O) groups excluding carboxylic acids is 1. The number of nitrogens with zero attached hydrogens (tertiary/aromatic N) is 1. The molecule has 8 nitrogen and oxygen atoms in total. The van der Waals surface area contributed by atoms with Crippen LogP contribution in [0.2, 0.25) is 5.02 Å². The third kappa shape index (κ3) is 6.17. The number of carbonyl (C=O) groups is 1. The second kappa shape index (κ2) is 10.4. The third-order valence-electron chi connectivity index (χ3n) is 4.19. The zero-order valence-corrected chi connectivity index (χ0v) is 18.8. The molecule has 0 radical (unpaired) electrons. The first-order valence-corrected chi connectivity index (χ1v) is 11.3. The molecule has 0 aliphatic carbocycles. The van der Waals surface area contributed by atoms with Crippen molar-refractivity contribution in [3.05, 3.63) is 47.5 Å². The van der Waals surface area contributed by atoms with Gasteiger partial charge in [0.1, 0.15) is 29.9 Å². The van der Waals surface area contributed by atoms with E-state index in [1.54, 1.807) is 37.4 Å². The van der Waals surface area contributed by atoms with Crippen molar-refractivity contribution < 1.29 is 27.4 Å². The Bertz CT molecular complexity index is 983. The minimum absolute atomic E-state index is 0.196. The van der Waals surface area contributed by atoms with Gasteiger partial charge in [-0.1, -0.05) is 17.7 Å². The van der Waals surface area contributed by atoms with Crippen LogP contribution in [0, 0.1) is 0 Å². The van der Waals surface area contributed by atoms with E-state index in [9.17, 15) is 13.2 Å². The molecule has 30 heavy (non-hydrogen) atoms. The summed E-state index contributed by atoms with van der Waals surface area (Å²) in [5, 5.41) is 2.92. The number of anilines is 1. The lowest BCUT2D eigenvalue weighted by molar-refractivity contribution is -0.121. The molecule has 10 heteroatoms. The van der Waals surface area contributed by atoms with Crippen LogP contribution in [-0.4, -0.2) is 54.0 Å². The molecule has 164 valence electrons. The minimum Gasteiger partial charge on any atom is -0.497 e. The summed E-state index contributed by atoms with van der Waals surface area (Å²) < 4.78 is 41.5. The Hall–Kier alpha value is -2.65. The van der Waals surface area contributed by atoms with E-state index in [1.165, 1.54) is 26.2 Å². The van der Waals surface area contributed by atoms with Gasteiger partial charge in [-0.25, -0.2) is 8.42 Å². The van der Waals surface area contributed by atoms with Gasteiger partial charge in [0.2, 0.25) is 15.9 Å². The van der Waals surface area contributed by atoms with E-state index in [0.29, 0.717) is 17.2 Å². The molecular weight excluding hydrogens is 432 g/mol. The first kappa shape index (κ1) is 23.6. The summed E-state index contributed by atoms with van der Waals surface area (Å²) in [4.78, 5) is 12.6. The number of methoxy groups -OCH3 is 2. The molecule has 0 heterocycles. The highest BCUT2D eigenvalue weighted by atomic mass is 35.5. The lowest BCUT2D eigenvalue weighted by Gasteiger charge is -2.28. The molecular formula is C20H25ClN2O6S. The molecule has 0 saturated heterocycles. The van der Waals surface area contributed by atoms with Crippen molar-refractivity contribution in [2.24, 2.45) is 0 Å². The van der Waals surface area contributed by atoms with Crippen molar-refractivity contribution in [1.29, 1.82) is 0 Å². The van der Waals surface area contributed by atoms with Crippen molar-refractivity contribution >= 4 is 33.2 Å². The molecule has 0 aromatic heterocycles. The highest BCUT2D eigenvalue weighted by Crippen LogP contribution is 2.31. The van der Waals surface area contributed by atoms with E-state index < -0.39 is 22.0 Å². The fourth-order valence-corrected chi connectivity index (χ4v) is 4.20. The Balaban J connectivity index is 2.02. The Labute approximate surface area is 181 Å². The van der Waals surface area contributed by atoms with E-state index in [2.05, 4.69) is 5.32 Å². The van der Waals surface area contributed by atoms with Gasteiger partial charge in [0.25, 0.3) is 0 Å². The number of rotatable bonds is 10. The molecule has 1 amide bonds. The second-order valence-electron chi connectivity index (χ2n) is 6.37. The second-order valence-corrected chi connectivity index (χ2v) is 8.64. The van der Waals surface area contributed by atoms with Crippen LogP contribution in [0.3, 0.4) is 0 Å². The van der Waals surface area contributed by atoms with Crippen molar-refractivity contribution in [2.45, 2.75) is 13.0 Å². The Morgan fingerprint density at radius 1 is 1.13 bits per heavy atom. The quantitative estimate of drug-likeness (QED) is 0.552. The van der Waals surface area contributed by atoms with Crippen molar-refractivity contribution in [2.75, 3.05) is 37.9 Å². The molecule has 2 rings (SSSR count). The molecule has 2 aromatic carbocycles. The van der Waals surface area contributed by atoms with Crippen molar-refractivity contribution in [3.8, 4) is 17.2 Å². The molecule has 0 fully saturated rings. The summed E-state index contributed by atoms with van der Waals surface area (Å²) >= 11 is 6.12. The van der Waals surface area contributed by atoms with Crippen LogP contribution < -0.4 is 23.8 Å². The predicted octanol–water partition coefficient (Wildman–Crippen LogP) is 2.71. The topological polar surface area (TPSA) is 94.2 Å². The summed E-state index contributed by atoms with van der Waals surface area (Å²) in [5.74, 6) is 1.19. The first-order valence-electron chi connectivity index (χ1n) is 9.05. The van der Waals surface area contributed by atoms with Crippen LogP contribution >= 0.6 is 11.6 Å². The summed E-state index contributed by atoms with van der Waals surface area (Å²) in [7, 11) is -0.735. The fraction of sp³-hybridized carbons (Fsp3) is 0.350. The van der Waals surface area contributed by atoms with Gasteiger partial charge in [-0.05, 0) is 37.3 Å². The lowest BCUT2D eigenvalue weighted by Crippen LogP contribution is -2.48. The zero-order valence-electron chi connectivity index (χ0n) is 17.2. The van der Waals surface area contributed by atoms with Crippen LogP contribution in [0.1, 0.15) is 6.92 Å². The number of ether oxygens (including phenoxy) is 3. The predicted molar refractivity (Wildman–Crippen MR) is 116 cm³/mol. The maximum atomic E-state index is 12.6. The first-order chi connectivity index (χ1) is 14.2. The number of hydrogen-bond donors (Lipinski definition) is 1. The van der Waals surface area contributed by atoms with Gasteiger partial charge < -0.3 is 19.5 Å². The number of nitrogens with one attached hydrogen (secondary N) is 1. The lowest BCUT2D eigenvalue weighted by atomic mass is 10.2. The zero-order chi connectivity index (χ0) is 22.3. The Morgan fingerprint density at radius 3 is 2.43 bits per heavy atom. The van der Waals surface area contributed by atoms with Gasteiger partial charge in [-0.3, -0.25) is 9.10 Å². The molecule has 0 saturated carbocycles. The molecule has 2 aromatic rings. The molecule has 0 spiro atoms. The Kier molecular flexibility index (Phi) is 8.19. The van der Waals surface area contributed by atoms with E-state index >= 15 is 0 Å². The number of hydrogen-bond acceptors (Lipinski definition) is 6. The highest BCUT2D eigenvalue weighted by Gasteiger charge is 2.29. The largest absolute Gasteiger partial charge is 0.497 e. The van der Waals surface area contributed by atoms with Gasteiger partial charge >= 0.3 is 0 Å². The average Bonchev–Trinajstić information content (AvgIpc) is 2.70. The monoisotopic (exact) mass is 456 g/mol. The Morgan fingerprint density at radius 2 is 1.83 bits per heavy atom. The number of sulfonamides is 1. The molecule has 0 bridgehead atoms. The average molecular weight is 457 g/mol. The molecule has 0 aliphatic rings. The third-order valence-corrected chi connectivity index (χ3v) is 5.73. The number of amides is 1. The van der Waals surface area contributed by atoms with Gasteiger partial charge in [0.05, 0.1) is 37.7 Å². The van der Waals surface area contributed by atoms with Crippen LogP contribution in [-0.2, 0) is 14.8 Å². The fourth-order valence-electron chi connectivity index (χ4n) is 2.78. The summed E-state index contributed by atoms with van der Waals surface area (Å²) in [6, 6.07) is 10.6. The molecule has 1 N–H and O–H groups in total. The van der Waals surface area contributed by atoms with Crippen molar-refractivity contribution in [3.63, 3.8) is 0 Å². The molecule has 1 atom stereocenters. The van der Waals surface area contributed by atoms with Crippen LogP contribution in [0.5, 0.6) is 17.2 Å². The minimum atomic E-state index is -3.75. The van der Waals surface area contributed by atoms with Gasteiger partial charge in [0, 0.05) is 6.07 Å². The highest BCUT2D eigenvalue weighted by molar-refractivity contribution is 7.92. The summed E-state index contributed by atoms with van der Waals surface area (Å²) in [5.41, 5.74) is 0.263. The van der Waals surface area contributed by atoms with Crippen molar-refractivity contribution in [1.82, 2.24) is 5.32 Å². The van der Waals surface area contributed by atoms with Crippen LogP contribution in [0.4, 0.5) is 5.69 Å². The maximum Gasteiger partial charge on any atom is 0.243 e. The summed E-state index contributed by atoms with van der Waals surface area (Å²) in [6.07, 6.45) is 1.03. The van der Waals surface area contributed by atoms with Gasteiger partial charge in [0.15, 0.2) is 0 Å². The van der Waals surface area contributed by atoms with Gasteiger partial charge in [-0.15, -0.1) is 0 Å². The smallest absolute Gasteiger partial charge is 0.243 e. The van der Waals surface area contributed by atoms with E-state index in [-0.39, 0.29) is 23.9 Å². The number of halogens is 1. The van der Waals surface area contributed by atoms with E-state index in [4.69, 9.17) is 25.8 Å². The SMILES string of the molecule is COc1cccc(OCCNC(=O)C(C)N(c2ccc(OC)c(Cl)c2)S(C)(=O)=O)c1. The van der Waals surface area contributed by atoms with Crippen LogP contribution in [0.25, 0.3) is 0 Å². The molecule has 0 aliphatic heterocycles. The van der Waals surface area contributed by atoms with Crippen LogP contribution in [0.15, 0.2) is 42.5 Å². The standard InChI is InChI=1S/C20H25ClN2O6S/c1-14(20(24)22-10-11-29-17-7-5-6-16(13-17)27-2)23(30(4,25)26)15-8-9-19(28-3)18(21)12-15/h5-9,12-14H,10-11H2,1-4H3,(H,22,24). The maximum absolute atomic E-state index is 12.6. The van der Waals surface area contributed by atoms with E-state index in [0.717, 1.165) is 10.6 Å². The summed E-state index contributed by atoms with van der Waals surface area (Å²) in [6.45, 7) is 1.90.